The fraction of sp³-hybridized carbons (Fsp3) is 0.176. The first-order valence-corrected chi connectivity index (χ1v) is 7.97. The minimum absolute atomic E-state index is 0.108. The lowest BCUT2D eigenvalue weighted by molar-refractivity contribution is -0.137. The topological polar surface area (TPSA) is 55.4 Å². The summed E-state index contributed by atoms with van der Waals surface area (Å²) in [6.45, 7) is 1.32. The molecule has 1 N–H and O–H groups in total. The molecule has 0 heterocycles. The van der Waals surface area contributed by atoms with Crippen LogP contribution in [0.2, 0.25) is 10.0 Å². The molecule has 2 rings (SSSR count). The standard InChI is InChI=1S/C17H12Cl2F3NO3/c1-9(15(24)23-14-7-12(18)6-13(19)8-14)26-16(25)10-2-4-11(5-3-10)17(20,21)22/h2-9H,1H3,(H,23,24)/t9-/m0/s1. The van der Waals surface area contributed by atoms with Crippen molar-refractivity contribution in [3.63, 3.8) is 0 Å². The highest BCUT2D eigenvalue weighted by Gasteiger charge is 2.30. The van der Waals surface area contributed by atoms with Gasteiger partial charge in [-0.25, -0.2) is 4.79 Å². The normalized spacial score (nSPS) is 12.4. The highest BCUT2D eigenvalue weighted by Crippen LogP contribution is 2.29. The molecule has 0 radical (unpaired) electrons. The Labute approximate surface area is 156 Å². The number of benzene rings is 2. The molecule has 0 aromatic heterocycles. The van der Waals surface area contributed by atoms with Crippen LogP contribution in [0.25, 0.3) is 0 Å². The average Bonchev–Trinajstić information content (AvgIpc) is 2.53. The van der Waals surface area contributed by atoms with Gasteiger partial charge in [-0.2, -0.15) is 13.2 Å². The molecule has 0 unspecified atom stereocenters. The highest BCUT2D eigenvalue weighted by molar-refractivity contribution is 6.35. The van der Waals surface area contributed by atoms with Crippen LogP contribution in [0.1, 0.15) is 22.8 Å². The van der Waals surface area contributed by atoms with Gasteiger partial charge in [-0.1, -0.05) is 23.2 Å². The second-order valence-electron chi connectivity index (χ2n) is 5.27. The van der Waals surface area contributed by atoms with Gasteiger partial charge in [0.2, 0.25) is 0 Å². The van der Waals surface area contributed by atoms with E-state index in [1.165, 1.54) is 25.1 Å². The average molecular weight is 406 g/mol. The van der Waals surface area contributed by atoms with Gasteiger partial charge in [0.15, 0.2) is 6.10 Å². The van der Waals surface area contributed by atoms with Gasteiger partial charge in [-0.15, -0.1) is 0 Å². The Kier molecular flexibility index (Phi) is 6.15. The smallest absolute Gasteiger partial charge is 0.416 e. The molecule has 0 aliphatic heterocycles. The molecule has 138 valence electrons. The number of alkyl halides is 3. The summed E-state index contributed by atoms with van der Waals surface area (Å²) in [6.07, 6.45) is -5.70. The Bertz CT molecular complexity index is 803. The first-order valence-electron chi connectivity index (χ1n) is 7.21. The molecular weight excluding hydrogens is 394 g/mol. The van der Waals surface area contributed by atoms with Gasteiger partial charge in [0.05, 0.1) is 11.1 Å². The van der Waals surface area contributed by atoms with Gasteiger partial charge in [0.1, 0.15) is 0 Å². The van der Waals surface area contributed by atoms with E-state index in [-0.39, 0.29) is 5.56 Å². The molecule has 0 saturated carbocycles. The third kappa shape index (κ3) is 5.37. The molecule has 1 amide bonds. The summed E-state index contributed by atoms with van der Waals surface area (Å²) in [5, 5.41) is 3.09. The molecular formula is C17H12Cl2F3NO3. The van der Waals surface area contributed by atoms with Gasteiger partial charge < -0.3 is 10.1 Å². The molecule has 0 saturated heterocycles. The van der Waals surface area contributed by atoms with E-state index < -0.39 is 29.7 Å². The van der Waals surface area contributed by atoms with Gasteiger partial charge in [0, 0.05) is 15.7 Å². The SMILES string of the molecule is C[C@H](OC(=O)c1ccc(C(F)(F)F)cc1)C(=O)Nc1cc(Cl)cc(Cl)c1. The predicted octanol–water partition coefficient (Wildman–Crippen LogP) is 5.20. The lowest BCUT2D eigenvalue weighted by Gasteiger charge is -2.14. The van der Waals surface area contributed by atoms with Crippen molar-refractivity contribution in [3.8, 4) is 0 Å². The molecule has 0 aliphatic rings. The van der Waals surface area contributed by atoms with Gasteiger partial charge in [-0.3, -0.25) is 4.79 Å². The Balaban J connectivity index is 2.00. The number of amides is 1. The second-order valence-corrected chi connectivity index (χ2v) is 6.14. The van der Waals surface area contributed by atoms with Crippen LogP contribution in [-0.2, 0) is 15.7 Å². The highest BCUT2D eigenvalue weighted by atomic mass is 35.5. The minimum Gasteiger partial charge on any atom is -0.449 e. The van der Waals surface area contributed by atoms with Crippen LogP contribution in [0.5, 0.6) is 0 Å². The van der Waals surface area contributed by atoms with Crippen LogP contribution in [-0.4, -0.2) is 18.0 Å². The van der Waals surface area contributed by atoms with Crippen molar-refractivity contribution >= 4 is 40.8 Å². The number of ether oxygens (including phenoxy) is 1. The number of hydrogen-bond donors (Lipinski definition) is 1. The van der Waals surface area contributed by atoms with E-state index in [1.807, 2.05) is 0 Å². The van der Waals surface area contributed by atoms with Crippen LogP contribution in [0.3, 0.4) is 0 Å². The maximum atomic E-state index is 12.5. The summed E-state index contributed by atoms with van der Waals surface area (Å²) in [4.78, 5) is 24.0. The minimum atomic E-state index is -4.51. The van der Waals surface area contributed by atoms with Crippen LogP contribution in [0.15, 0.2) is 42.5 Å². The van der Waals surface area contributed by atoms with Crippen molar-refractivity contribution in [1.29, 1.82) is 0 Å². The van der Waals surface area contributed by atoms with Gasteiger partial charge >= 0.3 is 12.1 Å². The number of carbonyl (C=O) groups excluding carboxylic acids is 2. The fourth-order valence-corrected chi connectivity index (χ4v) is 2.47. The Morgan fingerprint density at radius 3 is 2.08 bits per heavy atom. The molecule has 2 aromatic rings. The Morgan fingerprint density at radius 1 is 1.04 bits per heavy atom. The van der Waals surface area contributed by atoms with Gasteiger partial charge in [0.25, 0.3) is 5.91 Å². The molecule has 9 heteroatoms. The van der Waals surface area contributed by atoms with Crippen LogP contribution in [0.4, 0.5) is 18.9 Å². The summed E-state index contributed by atoms with van der Waals surface area (Å²) < 4.78 is 42.5. The number of rotatable bonds is 4. The third-order valence-electron chi connectivity index (χ3n) is 3.23. The van der Waals surface area contributed by atoms with Crippen molar-refractivity contribution in [3.05, 3.63) is 63.6 Å². The van der Waals surface area contributed by atoms with Crippen LogP contribution < -0.4 is 5.32 Å². The van der Waals surface area contributed by atoms with Crippen LogP contribution >= 0.6 is 23.2 Å². The summed E-state index contributed by atoms with van der Waals surface area (Å²) in [6, 6.07) is 7.86. The predicted molar refractivity (Wildman–Crippen MR) is 91.4 cm³/mol. The zero-order valence-corrected chi connectivity index (χ0v) is 14.7. The zero-order chi connectivity index (χ0) is 19.5. The Morgan fingerprint density at radius 2 is 1.58 bits per heavy atom. The molecule has 0 bridgehead atoms. The zero-order valence-electron chi connectivity index (χ0n) is 13.2. The number of hydrogen-bond acceptors (Lipinski definition) is 3. The Hall–Kier alpha value is -2.25. The van der Waals surface area contributed by atoms with E-state index in [0.717, 1.165) is 24.3 Å². The lowest BCUT2D eigenvalue weighted by atomic mass is 10.1. The summed E-state index contributed by atoms with van der Waals surface area (Å²) in [5.41, 5.74) is -0.689. The largest absolute Gasteiger partial charge is 0.449 e. The van der Waals surface area contributed by atoms with E-state index in [1.54, 1.807) is 0 Å². The fourth-order valence-electron chi connectivity index (χ4n) is 1.95. The van der Waals surface area contributed by atoms with E-state index in [4.69, 9.17) is 27.9 Å². The molecule has 4 nitrogen and oxygen atoms in total. The summed E-state index contributed by atoms with van der Waals surface area (Å²) in [5.74, 6) is -1.57. The summed E-state index contributed by atoms with van der Waals surface area (Å²) >= 11 is 11.6. The number of halogens is 5. The van der Waals surface area contributed by atoms with Crippen molar-refractivity contribution in [2.24, 2.45) is 0 Å². The molecule has 1 atom stereocenters. The maximum Gasteiger partial charge on any atom is 0.416 e. The number of esters is 1. The third-order valence-corrected chi connectivity index (χ3v) is 3.67. The second kappa shape index (κ2) is 7.97. The van der Waals surface area contributed by atoms with E-state index in [2.05, 4.69) is 5.32 Å². The maximum absolute atomic E-state index is 12.5. The molecule has 2 aromatic carbocycles. The number of carbonyl (C=O) groups is 2. The molecule has 0 fully saturated rings. The van der Waals surface area contributed by atoms with Crippen molar-refractivity contribution < 1.29 is 27.5 Å². The van der Waals surface area contributed by atoms with Gasteiger partial charge in [-0.05, 0) is 49.4 Å². The first-order chi connectivity index (χ1) is 12.1. The molecule has 0 spiro atoms. The summed E-state index contributed by atoms with van der Waals surface area (Å²) in [7, 11) is 0. The van der Waals surface area contributed by atoms with Crippen molar-refractivity contribution in [1.82, 2.24) is 0 Å². The number of anilines is 1. The molecule has 0 aliphatic carbocycles. The van der Waals surface area contributed by atoms with E-state index in [9.17, 15) is 22.8 Å². The van der Waals surface area contributed by atoms with Crippen molar-refractivity contribution in [2.45, 2.75) is 19.2 Å². The van der Waals surface area contributed by atoms with Crippen molar-refractivity contribution in [2.75, 3.05) is 5.32 Å². The van der Waals surface area contributed by atoms with E-state index >= 15 is 0 Å². The lowest BCUT2D eigenvalue weighted by Crippen LogP contribution is -2.30. The first kappa shape index (κ1) is 20.1. The quantitative estimate of drug-likeness (QED) is 0.711. The van der Waals surface area contributed by atoms with Crippen LogP contribution in [0, 0.1) is 0 Å². The monoisotopic (exact) mass is 405 g/mol. The number of nitrogens with one attached hydrogen (secondary N) is 1. The molecule has 26 heavy (non-hydrogen) atoms. The van der Waals surface area contributed by atoms with E-state index in [0.29, 0.717) is 15.7 Å².